The quantitative estimate of drug-likeness (QED) is 0.375. The summed E-state index contributed by atoms with van der Waals surface area (Å²) in [6.07, 6.45) is -0.206. The molecule has 0 atom stereocenters. The predicted molar refractivity (Wildman–Crippen MR) is 120 cm³/mol. The van der Waals surface area contributed by atoms with E-state index in [4.69, 9.17) is 0 Å². The van der Waals surface area contributed by atoms with Crippen molar-refractivity contribution in [2.45, 2.75) is 17.9 Å². The summed E-state index contributed by atoms with van der Waals surface area (Å²) in [6, 6.07) is 21.7. The highest BCUT2D eigenvalue weighted by Crippen LogP contribution is 2.30. The number of aromatic nitrogens is 1. The monoisotopic (exact) mass is 454 g/mol. The number of para-hydroxylation sites is 1. The second-order valence-electron chi connectivity index (χ2n) is 6.95. The van der Waals surface area contributed by atoms with E-state index in [0.29, 0.717) is 5.13 Å². The molecule has 0 bridgehead atoms. The lowest BCUT2D eigenvalue weighted by Gasteiger charge is -2.20. The van der Waals surface area contributed by atoms with E-state index in [1.54, 1.807) is 0 Å². The van der Waals surface area contributed by atoms with Crippen LogP contribution in [0.1, 0.15) is 12.0 Å². The fourth-order valence-electron chi connectivity index (χ4n) is 3.12. The van der Waals surface area contributed by atoms with Gasteiger partial charge in [0, 0.05) is 6.42 Å². The molecule has 0 saturated heterocycles. The Hall–Kier alpha value is -3.10. The molecule has 8 heteroatoms. The smallest absolute Gasteiger partial charge is 0.230 e. The number of hydrogen-bond acceptors (Lipinski definition) is 5. The molecule has 0 aliphatic carbocycles. The molecule has 0 fully saturated rings. The molecule has 31 heavy (non-hydrogen) atoms. The van der Waals surface area contributed by atoms with Crippen molar-refractivity contribution in [2.24, 2.45) is 0 Å². The van der Waals surface area contributed by atoms with Crippen LogP contribution in [-0.2, 0) is 21.2 Å². The SMILES string of the molecule is O=C(CCS(=O)(=O)c1ccc(F)cc1)N(Cc1ccccc1)c1nc2ccccc2s1. The Morgan fingerprint density at radius 2 is 1.61 bits per heavy atom. The Labute approximate surface area is 183 Å². The molecule has 5 nitrogen and oxygen atoms in total. The van der Waals surface area contributed by atoms with Gasteiger partial charge in [0.1, 0.15) is 5.82 Å². The average molecular weight is 455 g/mol. The number of carbonyl (C=O) groups is 1. The van der Waals surface area contributed by atoms with Crippen LogP contribution in [0.3, 0.4) is 0 Å². The Morgan fingerprint density at radius 1 is 0.935 bits per heavy atom. The number of hydrogen-bond donors (Lipinski definition) is 0. The van der Waals surface area contributed by atoms with E-state index >= 15 is 0 Å². The van der Waals surface area contributed by atoms with Crippen molar-refractivity contribution in [3.8, 4) is 0 Å². The third-order valence-electron chi connectivity index (χ3n) is 4.76. The number of nitrogens with zero attached hydrogens (tertiary/aromatic N) is 2. The van der Waals surface area contributed by atoms with Crippen molar-refractivity contribution in [3.63, 3.8) is 0 Å². The minimum atomic E-state index is -3.72. The lowest BCUT2D eigenvalue weighted by molar-refractivity contribution is -0.118. The van der Waals surface area contributed by atoms with Gasteiger partial charge in [-0.3, -0.25) is 9.69 Å². The number of thiazole rings is 1. The number of halogens is 1. The van der Waals surface area contributed by atoms with Crippen molar-refractivity contribution in [3.05, 3.63) is 90.2 Å². The van der Waals surface area contributed by atoms with E-state index in [0.717, 1.165) is 27.9 Å². The minimum absolute atomic E-state index is 0.00343. The average Bonchev–Trinajstić information content (AvgIpc) is 3.21. The molecular formula is C23H19FN2O3S2. The third-order valence-corrected chi connectivity index (χ3v) is 7.55. The Morgan fingerprint density at radius 3 is 2.32 bits per heavy atom. The first-order valence-corrected chi connectivity index (χ1v) is 12.1. The van der Waals surface area contributed by atoms with Gasteiger partial charge < -0.3 is 0 Å². The molecule has 4 rings (SSSR count). The maximum absolute atomic E-state index is 13.1. The molecule has 0 aliphatic rings. The summed E-state index contributed by atoms with van der Waals surface area (Å²) in [5.41, 5.74) is 1.70. The number of sulfone groups is 1. The highest BCUT2D eigenvalue weighted by atomic mass is 32.2. The zero-order valence-electron chi connectivity index (χ0n) is 16.4. The fourth-order valence-corrected chi connectivity index (χ4v) is 5.33. The van der Waals surface area contributed by atoms with Crippen LogP contribution < -0.4 is 4.90 Å². The molecule has 0 radical (unpaired) electrons. The summed E-state index contributed by atoms with van der Waals surface area (Å²) in [5, 5.41) is 0.522. The first-order chi connectivity index (χ1) is 14.9. The van der Waals surface area contributed by atoms with Crippen molar-refractivity contribution in [2.75, 3.05) is 10.7 Å². The van der Waals surface area contributed by atoms with Crippen molar-refractivity contribution in [1.82, 2.24) is 4.98 Å². The summed E-state index contributed by atoms with van der Waals surface area (Å²) in [4.78, 5) is 19.2. The molecular weight excluding hydrogens is 435 g/mol. The Kier molecular flexibility index (Phi) is 6.11. The van der Waals surface area contributed by atoms with Gasteiger partial charge in [-0.2, -0.15) is 0 Å². The van der Waals surface area contributed by atoms with Crippen LogP contribution >= 0.6 is 11.3 Å². The van der Waals surface area contributed by atoms with E-state index in [2.05, 4.69) is 4.98 Å². The van der Waals surface area contributed by atoms with Crippen LogP contribution in [0.2, 0.25) is 0 Å². The maximum Gasteiger partial charge on any atom is 0.230 e. The zero-order chi connectivity index (χ0) is 21.8. The van der Waals surface area contributed by atoms with Gasteiger partial charge in [0.05, 0.1) is 27.4 Å². The van der Waals surface area contributed by atoms with Crippen molar-refractivity contribution < 1.29 is 17.6 Å². The summed E-state index contributed by atoms with van der Waals surface area (Å²) >= 11 is 1.39. The summed E-state index contributed by atoms with van der Waals surface area (Å²) in [6.45, 7) is 0.288. The number of fused-ring (bicyclic) bond motifs is 1. The molecule has 1 amide bonds. The first-order valence-electron chi connectivity index (χ1n) is 9.60. The van der Waals surface area contributed by atoms with E-state index in [9.17, 15) is 17.6 Å². The molecule has 0 N–H and O–H groups in total. The van der Waals surface area contributed by atoms with Crippen LogP contribution in [0.5, 0.6) is 0 Å². The van der Waals surface area contributed by atoms with Gasteiger partial charge in [-0.25, -0.2) is 17.8 Å². The normalized spacial score (nSPS) is 11.5. The molecule has 0 spiro atoms. The third kappa shape index (κ3) is 4.98. The Bertz CT molecular complexity index is 1270. The molecule has 4 aromatic rings. The predicted octanol–water partition coefficient (Wildman–Crippen LogP) is 4.83. The standard InChI is InChI=1S/C23H19FN2O3S2/c24-18-10-12-19(13-11-18)31(28,29)15-14-22(27)26(16-17-6-2-1-3-7-17)23-25-20-8-4-5-9-21(20)30-23/h1-13H,14-16H2. The summed E-state index contributed by atoms with van der Waals surface area (Å²) in [7, 11) is -3.72. The highest BCUT2D eigenvalue weighted by molar-refractivity contribution is 7.91. The first kappa shape index (κ1) is 21.1. The van der Waals surface area contributed by atoms with Gasteiger partial charge in [0.15, 0.2) is 15.0 Å². The molecule has 1 heterocycles. The van der Waals surface area contributed by atoms with Gasteiger partial charge in [0.25, 0.3) is 0 Å². The lowest BCUT2D eigenvalue weighted by Crippen LogP contribution is -2.31. The molecule has 0 unspecified atom stereocenters. The number of carbonyl (C=O) groups excluding carboxylic acids is 1. The van der Waals surface area contributed by atoms with E-state index < -0.39 is 15.7 Å². The summed E-state index contributed by atoms with van der Waals surface area (Å²) < 4.78 is 39.3. The maximum atomic E-state index is 13.1. The Balaban J connectivity index is 1.58. The van der Waals surface area contributed by atoms with Crippen molar-refractivity contribution in [1.29, 1.82) is 0 Å². The molecule has 0 aliphatic heterocycles. The second kappa shape index (κ2) is 8.95. The van der Waals surface area contributed by atoms with Crippen molar-refractivity contribution >= 4 is 42.4 Å². The highest BCUT2D eigenvalue weighted by Gasteiger charge is 2.23. The zero-order valence-corrected chi connectivity index (χ0v) is 18.1. The van der Waals surface area contributed by atoms with Gasteiger partial charge in [-0.15, -0.1) is 0 Å². The number of benzene rings is 3. The minimum Gasteiger partial charge on any atom is -0.284 e. The van der Waals surface area contributed by atoms with Crippen LogP contribution in [0, 0.1) is 5.82 Å². The largest absolute Gasteiger partial charge is 0.284 e. The number of anilines is 1. The summed E-state index contributed by atoms with van der Waals surface area (Å²) in [5.74, 6) is -1.22. The molecule has 3 aromatic carbocycles. The number of rotatable bonds is 7. The topological polar surface area (TPSA) is 67.3 Å². The van der Waals surface area contributed by atoms with Crippen LogP contribution in [-0.4, -0.2) is 25.1 Å². The van der Waals surface area contributed by atoms with E-state index in [-0.39, 0.29) is 29.5 Å². The van der Waals surface area contributed by atoms with Gasteiger partial charge >= 0.3 is 0 Å². The van der Waals surface area contributed by atoms with E-state index in [1.165, 1.54) is 28.4 Å². The lowest BCUT2D eigenvalue weighted by atomic mass is 10.2. The van der Waals surface area contributed by atoms with Crippen LogP contribution in [0.15, 0.2) is 83.8 Å². The molecule has 1 aromatic heterocycles. The second-order valence-corrected chi connectivity index (χ2v) is 10.1. The number of amides is 1. The van der Waals surface area contributed by atoms with Gasteiger partial charge in [-0.1, -0.05) is 53.8 Å². The molecule has 0 saturated carbocycles. The van der Waals surface area contributed by atoms with Crippen LogP contribution in [0.4, 0.5) is 9.52 Å². The molecule has 158 valence electrons. The van der Waals surface area contributed by atoms with Gasteiger partial charge in [-0.05, 0) is 42.0 Å². The van der Waals surface area contributed by atoms with Crippen LogP contribution in [0.25, 0.3) is 10.2 Å². The van der Waals surface area contributed by atoms with E-state index in [1.807, 2.05) is 54.6 Å². The van der Waals surface area contributed by atoms with Gasteiger partial charge in [0.2, 0.25) is 5.91 Å². The fraction of sp³-hybridized carbons (Fsp3) is 0.130.